The molecular formula is C17H30F2N5O5P. The highest BCUT2D eigenvalue weighted by atomic mass is 31.2. The summed E-state index contributed by atoms with van der Waals surface area (Å²) < 4.78 is 37.5. The van der Waals surface area contributed by atoms with Gasteiger partial charge >= 0.3 is 13.3 Å². The minimum atomic E-state index is -5.61. The van der Waals surface area contributed by atoms with Gasteiger partial charge in [-0.25, -0.2) is 4.98 Å². The lowest BCUT2D eigenvalue weighted by Crippen LogP contribution is -2.37. The van der Waals surface area contributed by atoms with Crippen molar-refractivity contribution in [2.45, 2.75) is 45.4 Å². The van der Waals surface area contributed by atoms with E-state index < -0.39 is 37.9 Å². The number of nitrogens with one attached hydrogen (secondary N) is 3. The van der Waals surface area contributed by atoms with Crippen LogP contribution < -0.4 is 10.9 Å². The van der Waals surface area contributed by atoms with Crippen LogP contribution in [-0.4, -0.2) is 72.7 Å². The highest BCUT2D eigenvalue weighted by Gasteiger charge is 2.49. The van der Waals surface area contributed by atoms with Gasteiger partial charge in [0.15, 0.2) is 0 Å². The van der Waals surface area contributed by atoms with Gasteiger partial charge in [-0.1, -0.05) is 20.8 Å². The van der Waals surface area contributed by atoms with Crippen molar-refractivity contribution in [1.29, 1.82) is 0 Å². The quantitative estimate of drug-likeness (QED) is 0.293. The molecule has 2 aromatic heterocycles. The number of H-pyrrole nitrogens is 2. The third-order valence-electron chi connectivity index (χ3n) is 4.61. The molecule has 0 aromatic carbocycles. The first-order valence-electron chi connectivity index (χ1n) is 9.54. The van der Waals surface area contributed by atoms with Gasteiger partial charge in [-0.3, -0.25) is 9.36 Å². The van der Waals surface area contributed by atoms with E-state index in [1.165, 1.54) is 32.2 Å². The van der Waals surface area contributed by atoms with Crippen molar-refractivity contribution in [1.82, 2.24) is 25.2 Å². The number of alkyl halides is 2. The van der Waals surface area contributed by atoms with Crippen LogP contribution in [0.25, 0.3) is 11.0 Å². The number of rotatable bonds is 10. The van der Waals surface area contributed by atoms with E-state index >= 15 is 0 Å². The first kappa shape index (κ1) is 26.3. The number of fused-ring (bicyclic) bond motifs is 1. The summed E-state index contributed by atoms with van der Waals surface area (Å²) in [5.41, 5.74) is -3.61. The second kappa shape index (κ2) is 11.6. The van der Waals surface area contributed by atoms with E-state index in [0.717, 1.165) is 0 Å². The maximum atomic E-state index is 13.4. The molecule has 30 heavy (non-hydrogen) atoms. The maximum Gasteiger partial charge on any atom is 0.394 e. The van der Waals surface area contributed by atoms with E-state index in [-0.39, 0.29) is 12.1 Å². The summed E-state index contributed by atoms with van der Waals surface area (Å²) in [6.07, 6.45) is 1.41. The van der Waals surface area contributed by atoms with E-state index in [2.05, 4.69) is 45.9 Å². The fourth-order valence-corrected chi connectivity index (χ4v) is 3.14. The Morgan fingerprint density at radius 3 is 2.30 bits per heavy atom. The molecule has 0 spiro atoms. The Morgan fingerprint density at radius 1 is 1.23 bits per heavy atom. The third-order valence-corrected chi connectivity index (χ3v) is 5.64. The molecule has 0 unspecified atom stereocenters. The van der Waals surface area contributed by atoms with Gasteiger partial charge < -0.3 is 35.1 Å². The van der Waals surface area contributed by atoms with E-state index in [1.54, 1.807) is 0 Å². The van der Waals surface area contributed by atoms with Crippen LogP contribution in [0.15, 0.2) is 17.3 Å². The standard InChI is InChI=1S/C11H15F2N4O5P.C6H15N/c12-11(13,23(20,21)22)1-7(4-18)14-2-6-3-15-9-8(6)16-5-17-10(9)19;1-4-7(5-2)6-3/h3,5,7,14-15,18H,1-2,4H2,(H,16,17,19)(H2,20,21,22);4-6H2,1-3H3/t7-;/m0./s1. The second-order valence-corrected chi connectivity index (χ2v) is 8.31. The molecular weight excluding hydrogens is 423 g/mol. The molecule has 0 saturated heterocycles. The van der Waals surface area contributed by atoms with Gasteiger partial charge in [0.25, 0.3) is 5.56 Å². The summed E-state index contributed by atoms with van der Waals surface area (Å²) in [5.74, 6) is 0. The van der Waals surface area contributed by atoms with Crippen LogP contribution >= 0.6 is 7.60 Å². The number of aromatic amines is 2. The summed E-state index contributed by atoms with van der Waals surface area (Å²) in [7, 11) is -5.61. The maximum absolute atomic E-state index is 13.4. The number of nitrogens with zero attached hydrogens (tertiary/aromatic N) is 2. The first-order chi connectivity index (χ1) is 14.0. The smallest absolute Gasteiger partial charge is 0.394 e. The van der Waals surface area contributed by atoms with Gasteiger partial charge in [-0.15, -0.1) is 0 Å². The Bertz CT molecular complexity index is 875. The molecule has 10 nitrogen and oxygen atoms in total. The predicted octanol–water partition coefficient (Wildman–Crippen LogP) is 1.21. The molecule has 0 amide bonds. The Balaban J connectivity index is 0.000000553. The molecule has 6 N–H and O–H groups in total. The van der Waals surface area contributed by atoms with Gasteiger partial charge in [0.2, 0.25) is 0 Å². The normalized spacial score (nSPS) is 13.4. The lowest BCUT2D eigenvalue weighted by molar-refractivity contribution is 0.0317. The predicted molar refractivity (Wildman–Crippen MR) is 109 cm³/mol. The van der Waals surface area contributed by atoms with Gasteiger partial charge in [0.05, 0.1) is 18.5 Å². The lowest BCUT2D eigenvalue weighted by atomic mass is 10.2. The van der Waals surface area contributed by atoms with E-state index in [1.807, 2.05) is 0 Å². The average Bonchev–Trinajstić information content (AvgIpc) is 3.10. The number of aromatic nitrogens is 3. The highest BCUT2D eigenvalue weighted by Crippen LogP contribution is 2.55. The summed E-state index contributed by atoms with van der Waals surface area (Å²) in [5, 5.41) is 11.7. The minimum Gasteiger partial charge on any atom is -0.395 e. The molecule has 2 heterocycles. The van der Waals surface area contributed by atoms with Crippen molar-refractivity contribution in [3.63, 3.8) is 0 Å². The Kier molecular flexibility index (Phi) is 10.2. The van der Waals surface area contributed by atoms with E-state index in [4.69, 9.17) is 14.9 Å². The molecule has 0 aliphatic carbocycles. The van der Waals surface area contributed by atoms with Crippen LogP contribution in [0.2, 0.25) is 0 Å². The Hall–Kier alpha value is -1.69. The van der Waals surface area contributed by atoms with Crippen molar-refractivity contribution in [3.8, 4) is 0 Å². The summed E-state index contributed by atoms with van der Waals surface area (Å²) in [6, 6.07) is -1.25. The van der Waals surface area contributed by atoms with Gasteiger partial charge in [0, 0.05) is 30.8 Å². The van der Waals surface area contributed by atoms with Crippen molar-refractivity contribution in [2.75, 3.05) is 26.2 Å². The number of hydrogen-bond donors (Lipinski definition) is 6. The SMILES string of the molecule is CCN(CC)CC.O=c1[nH]cnc2c(CN[C@H](CO)CC(F)(F)P(=O)(O)O)c[nH]c12. The molecule has 2 aromatic rings. The number of hydrogen-bond acceptors (Lipinski definition) is 6. The molecule has 2 rings (SSSR count). The molecule has 1 atom stereocenters. The largest absolute Gasteiger partial charge is 0.395 e. The molecule has 13 heteroatoms. The van der Waals surface area contributed by atoms with E-state index in [9.17, 15) is 18.1 Å². The number of aliphatic hydroxyl groups is 1. The Morgan fingerprint density at radius 2 is 1.83 bits per heavy atom. The van der Waals surface area contributed by atoms with Gasteiger partial charge in [0.1, 0.15) is 5.52 Å². The fourth-order valence-electron chi connectivity index (χ4n) is 2.68. The summed E-state index contributed by atoms with van der Waals surface area (Å²) in [6.45, 7) is 9.35. The topological polar surface area (TPSA) is 155 Å². The molecule has 0 aliphatic heterocycles. The summed E-state index contributed by atoms with van der Waals surface area (Å²) in [4.78, 5) is 40.1. The second-order valence-electron chi connectivity index (χ2n) is 6.56. The zero-order valence-electron chi connectivity index (χ0n) is 17.2. The molecule has 0 radical (unpaired) electrons. The molecule has 172 valence electrons. The monoisotopic (exact) mass is 453 g/mol. The molecule has 0 aliphatic rings. The van der Waals surface area contributed by atoms with Crippen LogP contribution in [0, 0.1) is 0 Å². The van der Waals surface area contributed by atoms with Crippen LogP contribution in [0.4, 0.5) is 8.78 Å². The summed E-state index contributed by atoms with van der Waals surface area (Å²) >= 11 is 0. The van der Waals surface area contributed by atoms with Crippen LogP contribution in [0.1, 0.15) is 32.8 Å². The van der Waals surface area contributed by atoms with Gasteiger partial charge in [-0.2, -0.15) is 8.78 Å². The van der Waals surface area contributed by atoms with Crippen molar-refractivity contribution in [3.05, 3.63) is 28.4 Å². The first-order valence-corrected chi connectivity index (χ1v) is 11.2. The van der Waals surface area contributed by atoms with Crippen LogP contribution in [0.3, 0.4) is 0 Å². The van der Waals surface area contributed by atoms with Crippen LogP contribution in [0.5, 0.6) is 0 Å². The lowest BCUT2D eigenvalue weighted by Gasteiger charge is -2.23. The third kappa shape index (κ3) is 7.22. The van der Waals surface area contributed by atoms with Crippen molar-refractivity contribution in [2.24, 2.45) is 0 Å². The molecule has 0 saturated carbocycles. The molecule has 0 bridgehead atoms. The zero-order chi connectivity index (χ0) is 22.9. The van der Waals surface area contributed by atoms with Crippen molar-refractivity contribution >= 4 is 18.6 Å². The number of halogens is 2. The van der Waals surface area contributed by atoms with Crippen molar-refractivity contribution < 1.29 is 28.2 Å². The average molecular weight is 453 g/mol. The van der Waals surface area contributed by atoms with Crippen LogP contribution in [-0.2, 0) is 11.1 Å². The fraction of sp³-hybridized carbons (Fsp3) is 0.647. The Labute approximate surface area is 172 Å². The molecule has 0 fully saturated rings. The van der Waals surface area contributed by atoms with Gasteiger partial charge in [-0.05, 0) is 19.6 Å². The zero-order valence-corrected chi connectivity index (χ0v) is 18.1. The number of aliphatic hydroxyl groups excluding tert-OH is 1. The highest BCUT2D eigenvalue weighted by molar-refractivity contribution is 7.53. The minimum absolute atomic E-state index is 0.0289. The van der Waals surface area contributed by atoms with E-state index in [0.29, 0.717) is 11.1 Å².